The third-order valence-electron chi connectivity index (χ3n) is 4.00. The van der Waals surface area contributed by atoms with Crippen molar-refractivity contribution in [1.29, 1.82) is 0 Å². The van der Waals surface area contributed by atoms with Crippen molar-refractivity contribution in [3.8, 4) is 5.75 Å². The van der Waals surface area contributed by atoms with Gasteiger partial charge in [-0.1, -0.05) is 19.1 Å². The summed E-state index contributed by atoms with van der Waals surface area (Å²) in [5.74, 6) is 1.13. The molecule has 1 aromatic rings. The van der Waals surface area contributed by atoms with Crippen LogP contribution in [0.5, 0.6) is 5.75 Å². The molecule has 0 amide bonds. The molecule has 0 saturated carbocycles. The molecule has 0 heterocycles. The molecule has 0 fully saturated rings. The predicted octanol–water partition coefficient (Wildman–Crippen LogP) is 3.51. The van der Waals surface area contributed by atoms with Gasteiger partial charge in [-0.3, -0.25) is 14.9 Å². The number of hydrogen-bond donors (Lipinski definition) is 0. The molecule has 1 aromatic carbocycles. The number of hydrogen-bond acceptors (Lipinski definition) is 5. The molecule has 1 aliphatic rings. The molecule has 0 aromatic heterocycles. The number of nitro benzene ring substituents is 1. The molecular formula is C17H21NO5. The highest BCUT2D eigenvalue weighted by Crippen LogP contribution is 2.25. The summed E-state index contributed by atoms with van der Waals surface area (Å²) in [5, 5.41) is 10.5. The normalized spacial score (nSPS) is 20.0. The Hall–Kier alpha value is -2.37. The number of rotatable bonds is 7. The van der Waals surface area contributed by atoms with Gasteiger partial charge in [-0.15, -0.1) is 0 Å². The number of esters is 1. The average Bonchev–Trinajstić information content (AvgIpc) is 2.54. The summed E-state index contributed by atoms with van der Waals surface area (Å²) in [6, 6.07) is 5.76. The van der Waals surface area contributed by atoms with Gasteiger partial charge < -0.3 is 9.47 Å². The first-order valence-corrected chi connectivity index (χ1v) is 7.74. The highest BCUT2D eigenvalue weighted by atomic mass is 16.6. The molecule has 2 atom stereocenters. The standard InChI is InChI=1S/C17H21NO5/c1-13-4-2-3-5-14(13)12-23-17(19)10-11-22-16-8-6-15(7-9-16)18(20)21/h2-3,6-9,13-14H,4-5,10-12H2,1H3. The highest BCUT2D eigenvalue weighted by Gasteiger charge is 2.19. The van der Waals surface area contributed by atoms with Crippen LogP contribution in [0.25, 0.3) is 0 Å². The van der Waals surface area contributed by atoms with E-state index in [1.807, 2.05) is 0 Å². The Kier molecular flexibility index (Phi) is 6.14. The number of non-ortho nitro benzene ring substituents is 1. The summed E-state index contributed by atoms with van der Waals surface area (Å²) in [6.45, 7) is 2.80. The van der Waals surface area contributed by atoms with Crippen molar-refractivity contribution < 1.29 is 19.2 Å². The molecule has 0 bridgehead atoms. The van der Waals surface area contributed by atoms with Gasteiger partial charge in [0.25, 0.3) is 5.69 Å². The van der Waals surface area contributed by atoms with Gasteiger partial charge in [-0.05, 0) is 36.8 Å². The van der Waals surface area contributed by atoms with Crippen LogP contribution in [-0.4, -0.2) is 24.1 Å². The monoisotopic (exact) mass is 319 g/mol. The van der Waals surface area contributed by atoms with Gasteiger partial charge >= 0.3 is 5.97 Å². The molecular weight excluding hydrogens is 298 g/mol. The van der Waals surface area contributed by atoms with Crippen LogP contribution in [0, 0.1) is 22.0 Å². The molecule has 23 heavy (non-hydrogen) atoms. The molecule has 6 heteroatoms. The van der Waals surface area contributed by atoms with Crippen molar-refractivity contribution in [2.75, 3.05) is 13.2 Å². The molecule has 2 unspecified atom stereocenters. The first-order valence-electron chi connectivity index (χ1n) is 7.74. The molecule has 0 radical (unpaired) electrons. The van der Waals surface area contributed by atoms with E-state index in [0.717, 1.165) is 12.8 Å². The van der Waals surface area contributed by atoms with Crippen molar-refractivity contribution in [2.45, 2.75) is 26.2 Å². The minimum atomic E-state index is -0.470. The summed E-state index contributed by atoms with van der Waals surface area (Å²) in [7, 11) is 0. The van der Waals surface area contributed by atoms with Gasteiger partial charge in [0.2, 0.25) is 0 Å². The first kappa shape index (κ1) is 17.0. The molecule has 2 rings (SSSR count). The summed E-state index contributed by atoms with van der Waals surface area (Å²) in [4.78, 5) is 21.8. The molecule has 6 nitrogen and oxygen atoms in total. The highest BCUT2D eigenvalue weighted by molar-refractivity contribution is 5.69. The summed E-state index contributed by atoms with van der Waals surface area (Å²) in [5.41, 5.74) is 0.00686. The van der Waals surface area contributed by atoms with Crippen LogP contribution in [0.1, 0.15) is 26.2 Å². The maximum absolute atomic E-state index is 11.7. The van der Waals surface area contributed by atoms with E-state index in [1.165, 1.54) is 24.3 Å². The lowest BCUT2D eigenvalue weighted by Crippen LogP contribution is -2.22. The number of allylic oxidation sites excluding steroid dienone is 2. The number of ether oxygens (including phenoxy) is 2. The van der Waals surface area contributed by atoms with Gasteiger partial charge in [0.1, 0.15) is 5.75 Å². The van der Waals surface area contributed by atoms with Crippen molar-refractivity contribution in [3.63, 3.8) is 0 Å². The zero-order chi connectivity index (χ0) is 16.7. The van der Waals surface area contributed by atoms with E-state index in [0.29, 0.717) is 24.2 Å². The van der Waals surface area contributed by atoms with Crippen LogP contribution in [0.3, 0.4) is 0 Å². The fraction of sp³-hybridized carbons (Fsp3) is 0.471. The van der Waals surface area contributed by atoms with Crippen molar-refractivity contribution in [2.24, 2.45) is 11.8 Å². The molecule has 0 N–H and O–H groups in total. The van der Waals surface area contributed by atoms with Gasteiger partial charge in [-0.25, -0.2) is 0 Å². The second kappa shape index (κ2) is 8.31. The SMILES string of the molecule is CC1CC=CCC1COC(=O)CCOc1ccc([N+](=O)[O-])cc1. The Labute approximate surface area is 135 Å². The Morgan fingerprint density at radius 3 is 2.61 bits per heavy atom. The molecule has 124 valence electrons. The Balaban J connectivity index is 1.66. The van der Waals surface area contributed by atoms with Crippen LogP contribution in [0.4, 0.5) is 5.69 Å². The van der Waals surface area contributed by atoms with E-state index in [4.69, 9.17) is 9.47 Å². The quantitative estimate of drug-likeness (QED) is 0.332. The fourth-order valence-electron chi connectivity index (χ4n) is 2.43. The average molecular weight is 319 g/mol. The zero-order valence-electron chi connectivity index (χ0n) is 13.1. The van der Waals surface area contributed by atoms with E-state index in [1.54, 1.807) is 0 Å². The third-order valence-corrected chi connectivity index (χ3v) is 4.00. The van der Waals surface area contributed by atoms with Crippen LogP contribution in [0.2, 0.25) is 0 Å². The van der Waals surface area contributed by atoms with Crippen LogP contribution in [0.15, 0.2) is 36.4 Å². The fourth-order valence-corrected chi connectivity index (χ4v) is 2.43. The third kappa shape index (κ3) is 5.39. The molecule has 0 spiro atoms. The van der Waals surface area contributed by atoms with Gasteiger partial charge in [0.05, 0.1) is 24.6 Å². The number of carbonyl (C=O) groups is 1. The molecule has 1 aliphatic carbocycles. The maximum atomic E-state index is 11.7. The van der Waals surface area contributed by atoms with Crippen LogP contribution < -0.4 is 4.74 Å². The summed E-state index contributed by atoms with van der Waals surface area (Å²) >= 11 is 0. The van der Waals surface area contributed by atoms with E-state index >= 15 is 0 Å². The summed E-state index contributed by atoms with van der Waals surface area (Å²) < 4.78 is 10.7. The predicted molar refractivity (Wildman–Crippen MR) is 85.2 cm³/mol. The van der Waals surface area contributed by atoms with Crippen LogP contribution in [-0.2, 0) is 9.53 Å². The summed E-state index contributed by atoms with van der Waals surface area (Å²) in [6.07, 6.45) is 6.45. The lowest BCUT2D eigenvalue weighted by atomic mass is 9.85. The topological polar surface area (TPSA) is 78.7 Å². The molecule has 0 saturated heterocycles. The van der Waals surface area contributed by atoms with E-state index in [9.17, 15) is 14.9 Å². The van der Waals surface area contributed by atoms with E-state index < -0.39 is 4.92 Å². The van der Waals surface area contributed by atoms with E-state index in [2.05, 4.69) is 19.1 Å². The Morgan fingerprint density at radius 1 is 1.26 bits per heavy atom. The van der Waals surface area contributed by atoms with Crippen molar-refractivity contribution in [1.82, 2.24) is 0 Å². The number of carbonyl (C=O) groups excluding carboxylic acids is 1. The number of benzene rings is 1. The smallest absolute Gasteiger partial charge is 0.309 e. The van der Waals surface area contributed by atoms with Gasteiger partial charge in [-0.2, -0.15) is 0 Å². The second-order valence-electron chi connectivity index (χ2n) is 5.71. The van der Waals surface area contributed by atoms with Gasteiger partial charge in [0.15, 0.2) is 0 Å². The Morgan fingerprint density at radius 2 is 1.96 bits per heavy atom. The second-order valence-corrected chi connectivity index (χ2v) is 5.71. The first-order chi connectivity index (χ1) is 11.1. The maximum Gasteiger partial charge on any atom is 0.309 e. The minimum absolute atomic E-state index is 0.00686. The Bertz CT molecular complexity index is 567. The van der Waals surface area contributed by atoms with Crippen molar-refractivity contribution >= 4 is 11.7 Å². The zero-order valence-corrected chi connectivity index (χ0v) is 13.1. The largest absolute Gasteiger partial charge is 0.493 e. The molecule has 0 aliphatic heterocycles. The van der Waals surface area contributed by atoms with Crippen LogP contribution >= 0.6 is 0 Å². The van der Waals surface area contributed by atoms with Crippen molar-refractivity contribution in [3.05, 3.63) is 46.5 Å². The number of nitro groups is 1. The minimum Gasteiger partial charge on any atom is -0.493 e. The van der Waals surface area contributed by atoms with Gasteiger partial charge in [0, 0.05) is 12.1 Å². The lowest BCUT2D eigenvalue weighted by Gasteiger charge is -2.24. The lowest BCUT2D eigenvalue weighted by molar-refractivity contribution is -0.384. The van der Waals surface area contributed by atoms with E-state index in [-0.39, 0.29) is 24.7 Å². The number of nitrogens with zero attached hydrogens (tertiary/aromatic N) is 1.